The molecule has 0 saturated carbocycles. The molecule has 12 heavy (non-hydrogen) atoms. The first-order valence-electron chi connectivity index (χ1n) is 4.41. The van der Waals surface area contributed by atoms with E-state index < -0.39 is 6.10 Å². The summed E-state index contributed by atoms with van der Waals surface area (Å²) in [6, 6.07) is 0. The van der Waals surface area contributed by atoms with Gasteiger partial charge in [0.25, 0.3) is 0 Å². The second-order valence-electron chi connectivity index (χ2n) is 3.08. The third-order valence-electron chi connectivity index (χ3n) is 0.920. The maximum absolute atomic E-state index is 8.11. The fraction of sp³-hybridized carbons (Fsp3) is 1.00. The first-order chi connectivity index (χ1) is 5.54. The van der Waals surface area contributed by atoms with Crippen molar-refractivity contribution < 1.29 is 14.9 Å². The molecule has 0 aliphatic carbocycles. The van der Waals surface area contributed by atoms with Gasteiger partial charge in [0.2, 0.25) is 0 Å². The molecule has 0 aromatic carbocycles. The van der Waals surface area contributed by atoms with Crippen LogP contribution in [0.15, 0.2) is 0 Å². The van der Waals surface area contributed by atoms with Gasteiger partial charge in [0.15, 0.2) is 0 Å². The molecule has 0 aliphatic rings. The van der Waals surface area contributed by atoms with Crippen LogP contribution in [0.25, 0.3) is 0 Å². The normalized spacial score (nSPS) is 12.2. The fourth-order valence-electron chi connectivity index (χ4n) is 0.354. The number of aliphatic hydroxyl groups excluding tert-OH is 2. The lowest BCUT2D eigenvalue weighted by Crippen LogP contribution is -2.03. The van der Waals surface area contributed by atoms with E-state index in [1.165, 1.54) is 6.92 Å². The van der Waals surface area contributed by atoms with Crippen LogP contribution in [0.5, 0.6) is 0 Å². The molecular formula is C9H22O3. The summed E-state index contributed by atoms with van der Waals surface area (Å²) in [7, 11) is 0. The van der Waals surface area contributed by atoms with Gasteiger partial charge in [-0.25, -0.2) is 0 Å². The van der Waals surface area contributed by atoms with Gasteiger partial charge in [-0.1, -0.05) is 13.8 Å². The lowest BCUT2D eigenvalue weighted by molar-refractivity contribution is 0.110. The monoisotopic (exact) mass is 178 g/mol. The Morgan fingerprint density at radius 2 is 1.67 bits per heavy atom. The summed E-state index contributed by atoms with van der Waals surface area (Å²) >= 11 is 0. The van der Waals surface area contributed by atoms with Crippen molar-refractivity contribution >= 4 is 0 Å². The maximum Gasteiger partial charge on any atom is 0.0742 e. The summed E-state index contributed by atoms with van der Waals surface area (Å²) in [5.41, 5.74) is 0. The zero-order chi connectivity index (χ0) is 9.98. The molecule has 0 aromatic rings. The average molecular weight is 178 g/mol. The van der Waals surface area contributed by atoms with Crippen LogP contribution >= 0.6 is 0 Å². The first-order valence-corrected chi connectivity index (χ1v) is 4.41. The molecule has 0 fully saturated rings. The van der Waals surface area contributed by atoms with E-state index in [1.807, 2.05) is 6.92 Å². The van der Waals surface area contributed by atoms with Gasteiger partial charge in [0, 0.05) is 13.2 Å². The zero-order valence-electron chi connectivity index (χ0n) is 8.58. The van der Waals surface area contributed by atoms with Crippen LogP contribution in [0.1, 0.15) is 27.7 Å². The Morgan fingerprint density at radius 1 is 1.25 bits per heavy atom. The van der Waals surface area contributed by atoms with Crippen molar-refractivity contribution in [2.45, 2.75) is 33.8 Å². The first kappa shape index (κ1) is 14.4. The summed E-state index contributed by atoms with van der Waals surface area (Å²) in [5, 5.41) is 16.0. The van der Waals surface area contributed by atoms with E-state index in [4.69, 9.17) is 14.9 Å². The Labute approximate surface area is 75.4 Å². The van der Waals surface area contributed by atoms with Gasteiger partial charge in [-0.2, -0.15) is 0 Å². The van der Waals surface area contributed by atoms with E-state index in [0.29, 0.717) is 5.92 Å². The number of hydrogen-bond donors (Lipinski definition) is 2. The van der Waals surface area contributed by atoms with Crippen LogP contribution in [0.2, 0.25) is 0 Å². The third-order valence-corrected chi connectivity index (χ3v) is 0.920. The second kappa shape index (κ2) is 10.9. The van der Waals surface area contributed by atoms with Gasteiger partial charge in [-0.15, -0.1) is 0 Å². The van der Waals surface area contributed by atoms with Crippen molar-refractivity contribution in [1.82, 2.24) is 0 Å². The Hall–Kier alpha value is -0.120. The Balaban J connectivity index is 0. The van der Waals surface area contributed by atoms with Crippen molar-refractivity contribution in [3.05, 3.63) is 0 Å². The Kier molecular flexibility index (Phi) is 13.1. The minimum absolute atomic E-state index is 0.139. The van der Waals surface area contributed by atoms with Crippen molar-refractivity contribution in [1.29, 1.82) is 0 Å². The molecule has 1 atom stereocenters. The highest BCUT2D eigenvalue weighted by atomic mass is 16.5. The van der Waals surface area contributed by atoms with Crippen LogP contribution in [-0.4, -0.2) is 36.1 Å². The molecule has 0 rings (SSSR count). The molecule has 3 heteroatoms. The van der Waals surface area contributed by atoms with Crippen molar-refractivity contribution in [3.63, 3.8) is 0 Å². The van der Waals surface area contributed by atoms with Gasteiger partial charge in [-0.05, 0) is 19.8 Å². The lowest BCUT2D eigenvalue weighted by atomic mass is 10.2. The van der Waals surface area contributed by atoms with E-state index in [9.17, 15) is 0 Å². The lowest BCUT2D eigenvalue weighted by Gasteiger charge is -2.01. The van der Waals surface area contributed by atoms with Crippen LogP contribution in [0.3, 0.4) is 0 Å². The third kappa shape index (κ3) is 22.5. The van der Waals surface area contributed by atoms with Crippen LogP contribution < -0.4 is 0 Å². The van der Waals surface area contributed by atoms with Gasteiger partial charge in [0.1, 0.15) is 0 Å². The number of aliphatic hydroxyl groups is 2. The van der Waals surface area contributed by atoms with E-state index in [0.717, 1.165) is 13.2 Å². The summed E-state index contributed by atoms with van der Waals surface area (Å²) in [5.74, 6) is 0.681. The minimum atomic E-state index is -0.560. The molecule has 76 valence electrons. The van der Waals surface area contributed by atoms with Crippen molar-refractivity contribution in [2.75, 3.05) is 19.8 Å². The van der Waals surface area contributed by atoms with Gasteiger partial charge in [-0.3, -0.25) is 0 Å². The van der Waals surface area contributed by atoms with Crippen molar-refractivity contribution in [2.24, 2.45) is 5.92 Å². The summed E-state index contributed by atoms with van der Waals surface area (Å²) < 4.78 is 5.09. The van der Waals surface area contributed by atoms with Crippen LogP contribution in [0, 0.1) is 5.92 Å². The number of hydrogen-bond acceptors (Lipinski definition) is 3. The Bertz CT molecular complexity index is 72.2. The molecule has 0 bridgehead atoms. The molecule has 0 heterocycles. The van der Waals surface area contributed by atoms with E-state index in [1.54, 1.807) is 0 Å². The van der Waals surface area contributed by atoms with E-state index >= 15 is 0 Å². The number of ether oxygens (including phenoxy) is 1. The largest absolute Gasteiger partial charge is 0.394 e. The highest BCUT2D eigenvalue weighted by molar-refractivity contribution is 4.36. The smallest absolute Gasteiger partial charge is 0.0742 e. The summed E-state index contributed by atoms with van der Waals surface area (Å²) in [4.78, 5) is 0. The van der Waals surface area contributed by atoms with Gasteiger partial charge < -0.3 is 14.9 Å². The van der Waals surface area contributed by atoms with Crippen LogP contribution in [0.4, 0.5) is 0 Å². The SMILES string of the molecule is CC(O)CO.CCOCC(C)C. The highest BCUT2D eigenvalue weighted by Crippen LogP contribution is 1.90. The molecule has 0 radical (unpaired) electrons. The zero-order valence-corrected chi connectivity index (χ0v) is 8.58. The number of rotatable bonds is 4. The molecule has 0 saturated heterocycles. The molecule has 3 nitrogen and oxygen atoms in total. The molecule has 2 N–H and O–H groups in total. The molecule has 0 spiro atoms. The minimum Gasteiger partial charge on any atom is -0.394 e. The molecule has 0 aromatic heterocycles. The standard InChI is InChI=1S/C6H14O.C3H8O2/c1-4-7-5-6(2)3;1-3(5)2-4/h6H,4-5H2,1-3H3;3-5H,2H2,1H3. The topological polar surface area (TPSA) is 49.7 Å². The fourth-order valence-corrected chi connectivity index (χ4v) is 0.354. The predicted molar refractivity (Wildman–Crippen MR) is 50.1 cm³/mol. The highest BCUT2D eigenvalue weighted by Gasteiger charge is 1.88. The Morgan fingerprint density at radius 3 is 1.75 bits per heavy atom. The molecule has 0 amide bonds. The van der Waals surface area contributed by atoms with Gasteiger partial charge in [0.05, 0.1) is 12.7 Å². The van der Waals surface area contributed by atoms with Crippen molar-refractivity contribution in [3.8, 4) is 0 Å². The molecular weight excluding hydrogens is 156 g/mol. The molecule has 0 aliphatic heterocycles. The molecule has 1 unspecified atom stereocenters. The maximum atomic E-state index is 8.11. The second-order valence-corrected chi connectivity index (χ2v) is 3.08. The summed E-state index contributed by atoms with van der Waals surface area (Å²) in [6.07, 6.45) is -0.560. The van der Waals surface area contributed by atoms with E-state index in [2.05, 4.69) is 13.8 Å². The predicted octanol–water partition coefficient (Wildman–Crippen LogP) is 1.04. The quantitative estimate of drug-likeness (QED) is 0.676. The van der Waals surface area contributed by atoms with Crippen LogP contribution in [-0.2, 0) is 4.74 Å². The van der Waals surface area contributed by atoms with E-state index in [-0.39, 0.29) is 6.61 Å². The van der Waals surface area contributed by atoms with Gasteiger partial charge >= 0.3 is 0 Å². The summed E-state index contributed by atoms with van der Waals surface area (Å²) in [6.45, 7) is 9.45. The average Bonchev–Trinajstić information content (AvgIpc) is 2.02.